The first-order valence-corrected chi connectivity index (χ1v) is 6.92. The van der Waals surface area contributed by atoms with Crippen LogP contribution in [0.3, 0.4) is 0 Å². The molecule has 1 N–H and O–H groups in total. The Morgan fingerprint density at radius 1 is 1.35 bits per heavy atom. The molecule has 0 spiro atoms. The molecule has 3 rings (SSSR count). The molecule has 2 heterocycles. The molecule has 1 aliphatic rings. The molecule has 4 heteroatoms. The lowest BCUT2D eigenvalue weighted by Gasteiger charge is -2.30. The number of fused-ring (bicyclic) bond motifs is 3. The summed E-state index contributed by atoms with van der Waals surface area (Å²) in [4.78, 5) is 4.19. The molecule has 2 aromatic rings. The van der Waals surface area contributed by atoms with Crippen molar-refractivity contribution in [3.63, 3.8) is 0 Å². The zero-order valence-corrected chi connectivity index (χ0v) is 11.9. The second-order valence-corrected chi connectivity index (χ2v) is 4.94. The van der Waals surface area contributed by atoms with Crippen LogP contribution in [0.5, 0.6) is 0 Å². The Kier molecular flexibility index (Phi) is 3.36. The Bertz CT molecular complexity index is 669. The number of ether oxygens (including phenoxy) is 1. The minimum Gasteiger partial charge on any atom is -0.496 e. The Balaban J connectivity index is 2.18. The van der Waals surface area contributed by atoms with Gasteiger partial charge in [-0.05, 0) is 24.6 Å². The predicted octanol–water partition coefficient (Wildman–Crippen LogP) is 4.42. The standard InChI is InChI=1S/C16H15ClN2O/c1-3-20-10(2)15-14-12(8-9-18-16(14)17)11-6-4-5-7-13(11)19-15/h4-9,15,19H,2-3H2,1H3. The third kappa shape index (κ3) is 2.04. The van der Waals surface area contributed by atoms with Crippen molar-refractivity contribution in [3.05, 3.63) is 59.6 Å². The number of aromatic nitrogens is 1. The summed E-state index contributed by atoms with van der Waals surface area (Å²) < 4.78 is 5.56. The number of nitrogens with zero attached hydrogens (tertiary/aromatic N) is 1. The molecule has 1 atom stereocenters. The predicted molar refractivity (Wildman–Crippen MR) is 81.8 cm³/mol. The average molecular weight is 287 g/mol. The highest BCUT2D eigenvalue weighted by Gasteiger charge is 2.29. The first-order valence-electron chi connectivity index (χ1n) is 6.54. The molecular weight excluding hydrogens is 272 g/mol. The highest BCUT2D eigenvalue weighted by molar-refractivity contribution is 6.30. The quantitative estimate of drug-likeness (QED) is 0.670. The highest BCUT2D eigenvalue weighted by atomic mass is 35.5. The monoisotopic (exact) mass is 286 g/mol. The molecule has 102 valence electrons. The summed E-state index contributed by atoms with van der Waals surface area (Å²) in [7, 11) is 0. The van der Waals surface area contributed by atoms with E-state index in [1.807, 2.05) is 31.2 Å². The minimum atomic E-state index is -0.180. The number of anilines is 1. The van der Waals surface area contributed by atoms with Gasteiger partial charge in [-0.25, -0.2) is 4.98 Å². The van der Waals surface area contributed by atoms with Gasteiger partial charge < -0.3 is 10.1 Å². The van der Waals surface area contributed by atoms with E-state index < -0.39 is 0 Å². The van der Waals surface area contributed by atoms with Crippen molar-refractivity contribution < 1.29 is 4.74 Å². The van der Waals surface area contributed by atoms with E-state index in [0.29, 0.717) is 17.5 Å². The van der Waals surface area contributed by atoms with Crippen LogP contribution < -0.4 is 5.32 Å². The van der Waals surface area contributed by atoms with Crippen LogP contribution in [0.1, 0.15) is 18.5 Å². The maximum atomic E-state index is 6.30. The Morgan fingerprint density at radius 3 is 2.95 bits per heavy atom. The summed E-state index contributed by atoms with van der Waals surface area (Å²) in [6.07, 6.45) is 1.73. The fourth-order valence-electron chi connectivity index (χ4n) is 2.54. The summed E-state index contributed by atoms with van der Waals surface area (Å²) >= 11 is 6.30. The summed E-state index contributed by atoms with van der Waals surface area (Å²) in [5, 5.41) is 3.91. The van der Waals surface area contributed by atoms with E-state index >= 15 is 0 Å². The van der Waals surface area contributed by atoms with E-state index in [1.165, 1.54) is 0 Å². The normalized spacial score (nSPS) is 15.8. The number of benzene rings is 1. The van der Waals surface area contributed by atoms with Gasteiger partial charge in [0.15, 0.2) is 0 Å². The molecule has 0 amide bonds. The second kappa shape index (κ2) is 5.17. The van der Waals surface area contributed by atoms with Crippen molar-refractivity contribution in [2.75, 3.05) is 11.9 Å². The van der Waals surface area contributed by atoms with Crippen molar-refractivity contribution in [1.29, 1.82) is 0 Å². The Hall–Kier alpha value is -2.00. The van der Waals surface area contributed by atoms with E-state index in [2.05, 4.69) is 22.9 Å². The van der Waals surface area contributed by atoms with Gasteiger partial charge in [0, 0.05) is 23.0 Å². The average Bonchev–Trinajstić information content (AvgIpc) is 2.47. The molecule has 1 unspecified atom stereocenters. The smallest absolute Gasteiger partial charge is 0.135 e. The van der Waals surface area contributed by atoms with Crippen molar-refractivity contribution in [3.8, 4) is 11.1 Å². The lowest BCUT2D eigenvalue weighted by molar-refractivity contribution is 0.214. The first kappa shape index (κ1) is 13.0. The zero-order valence-electron chi connectivity index (χ0n) is 11.2. The lowest BCUT2D eigenvalue weighted by atomic mass is 9.90. The molecule has 0 aliphatic carbocycles. The molecule has 0 fully saturated rings. The van der Waals surface area contributed by atoms with E-state index in [1.54, 1.807) is 6.20 Å². The number of hydrogen-bond acceptors (Lipinski definition) is 3. The summed E-state index contributed by atoms with van der Waals surface area (Å²) in [6, 6.07) is 9.92. The number of rotatable bonds is 3. The van der Waals surface area contributed by atoms with Gasteiger partial charge in [-0.2, -0.15) is 0 Å². The van der Waals surface area contributed by atoms with Crippen molar-refractivity contribution >= 4 is 17.3 Å². The fourth-order valence-corrected chi connectivity index (χ4v) is 2.81. The van der Waals surface area contributed by atoms with Gasteiger partial charge in [0.2, 0.25) is 0 Å². The van der Waals surface area contributed by atoms with Crippen molar-refractivity contribution in [2.45, 2.75) is 13.0 Å². The van der Waals surface area contributed by atoms with Crippen LogP contribution in [0.25, 0.3) is 11.1 Å². The van der Waals surface area contributed by atoms with Gasteiger partial charge in [-0.3, -0.25) is 0 Å². The number of halogens is 1. The van der Waals surface area contributed by atoms with Crippen LogP contribution in [0, 0.1) is 0 Å². The zero-order chi connectivity index (χ0) is 14.1. The van der Waals surface area contributed by atoms with E-state index in [9.17, 15) is 0 Å². The molecule has 3 nitrogen and oxygen atoms in total. The largest absolute Gasteiger partial charge is 0.496 e. The second-order valence-electron chi connectivity index (χ2n) is 4.59. The summed E-state index contributed by atoms with van der Waals surface area (Å²) in [5.41, 5.74) is 4.16. The first-order chi connectivity index (χ1) is 9.72. The number of nitrogens with one attached hydrogen (secondary N) is 1. The third-order valence-corrected chi connectivity index (χ3v) is 3.70. The van der Waals surface area contributed by atoms with Gasteiger partial charge in [-0.1, -0.05) is 36.4 Å². The molecule has 0 saturated heterocycles. The highest BCUT2D eigenvalue weighted by Crippen LogP contribution is 2.44. The van der Waals surface area contributed by atoms with E-state index in [-0.39, 0.29) is 6.04 Å². The molecule has 1 aromatic heterocycles. The number of hydrogen-bond donors (Lipinski definition) is 1. The van der Waals surface area contributed by atoms with E-state index in [0.717, 1.165) is 22.4 Å². The molecule has 0 bridgehead atoms. The SMILES string of the molecule is C=C(OCC)C1Nc2ccccc2-c2ccnc(Cl)c21. The molecular formula is C16H15ClN2O. The molecule has 0 saturated carbocycles. The molecule has 1 aliphatic heterocycles. The number of pyridine rings is 1. The lowest BCUT2D eigenvalue weighted by Crippen LogP contribution is -2.20. The third-order valence-electron chi connectivity index (χ3n) is 3.40. The van der Waals surface area contributed by atoms with E-state index in [4.69, 9.17) is 16.3 Å². The van der Waals surface area contributed by atoms with Crippen LogP contribution in [-0.4, -0.2) is 11.6 Å². The summed E-state index contributed by atoms with van der Waals surface area (Å²) in [5.74, 6) is 0.651. The molecule has 1 aromatic carbocycles. The Labute approximate surface area is 123 Å². The van der Waals surface area contributed by atoms with Crippen molar-refractivity contribution in [1.82, 2.24) is 4.98 Å². The van der Waals surface area contributed by atoms with Gasteiger partial charge in [0.25, 0.3) is 0 Å². The molecule has 20 heavy (non-hydrogen) atoms. The van der Waals surface area contributed by atoms with Gasteiger partial charge >= 0.3 is 0 Å². The fraction of sp³-hybridized carbons (Fsp3) is 0.188. The topological polar surface area (TPSA) is 34.1 Å². The van der Waals surface area contributed by atoms with Crippen LogP contribution >= 0.6 is 11.6 Å². The Morgan fingerprint density at radius 2 is 2.15 bits per heavy atom. The van der Waals surface area contributed by atoms with Gasteiger partial charge in [0.1, 0.15) is 17.0 Å². The van der Waals surface area contributed by atoms with Crippen molar-refractivity contribution in [2.24, 2.45) is 0 Å². The van der Waals surface area contributed by atoms with Crippen LogP contribution in [0.4, 0.5) is 5.69 Å². The van der Waals surface area contributed by atoms with Crippen LogP contribution in [0.2, 0.25) is 5.15 Å². The van der Waals surface area contributed by atoms with Crippen LogP contribution in [0.15, 0.2) is 48.9 Å². The maximum absolute atomic E-state index is 6.30. The van der Waals surface area contributed by atoms with Gasteiger partial charge in [-0.15, -0.1) is 0 Å². The van der Waals surface area contributed by atoms with Crippen LogP contribution in [-0.2, 0) is 4.74 Å². The molecule has 0 radical (unpaired) electrons. The number of para-hydroxylation sites is 1. The summed E-state index contributed by atoms with van der Waals surface area (Å²) in [6.45, 7) is 6.52. The minimum absolute atomic E-state index is 0.180. The maximum Gasteiger partial charge on any atom is 0.135 e. The van der Waals surface area contributed by atoms with Gasteiger partial charge in [0.05, 0.1) is 6.61 Å².